The van der Waals surface area contributed by atoms with E-state index in [1.807, 2.05) is 31.2 Å². The molecule has 0 aliphatic carbocycles. The maximum atomic E-state index is 12.6. The van der Waals surface area contributed by atoms with E-state index in [2.05, 4.69) is 15.6 Å². The van der Waals surface area contributed by atoms with Crippen LogP contribution in [0.5, 0.6) is 0 Å². The Morgan fingerprint density at radius 3 is 2.85 bits per heavy atom. The Bertz CT molecular complexity index is 989. The van der Waals surface area contributed by atoms with Gasteiger partial charge < -0.3 is 14.6 Å². The molecule has 3 heterocycles. The summed E-state index contributed by atoms with van der Waals surface area (Å²) in [5, 5.41) is 9.70. The molecular weight excluding hydrogens is 348 g/mol. The molecule has 1 fully saturated rings. The lowest BCUT2D eigenvalue weighted by Gasteiger charge is -2.17. The summed E-state index contributed by atoms with van der Waals surface area (Å²) in [6, 6.07) is 12.1. The van der Waals surface area contributed by atoms with E-state index >= 15 is 0 Å². The van der Waals surface area contributed by atoms with Gasteiger partial charge in [-0.1, -0.05) is 23.4 Å². The zero-order valence-electron chi connectivity index (χ0n) is 14.8. The molecule has 1 saturated heterocycles. The molecule has 3 aromatic rings. The third-order valence-corrected chi connectivity index (χ3v) is 4.63. The Kier molecular flexibility index (Phi) is 4.64. The van der Waals surface area contributed by atoms with Crippen LogP contribution in [-0.2, 0) is 11.2 Å². The minimum Gasteiger partial charge on any atom is -0.379 e. The van der Waals surface area contributed by atoms with Crippen LogP contribution in [0.2, 0.25) is 0 Å². The Labute approximate surface area is 155 Å². The average molecular weight is 368 g/mol. The SMILES string of the molecule is Cc1cc(C[C@@H]2COC[C@@H]2NC(=O)c2cc(=O)n(-c3ccccc3)[nH]2)on1. The Hall–Kier alpha value is -3.13. The van der Waals surface area contributed by atoms with E-state index in [9.17, 15) is 9.59 Å². The molecule has 2 N–H and O–H groups in total. The van der Waals surface area contributed by atoms with Gasteiger partial charge in [-0.25, -0.2) is 4.68 Å². The third-order valence-electron chi connectivity index (χ3n) is 4.63. The van der Waals surface area contributed by atoms with Crippen molar-refractivity contribution in [2.75, 3.05) is 13.2 Å². The third kappa shape index (κ3) is 3.70. The van der Waals surface area contributed by atoms with Gasteiger partial charge in [-0.15, -0.1) is 0 Å². The fourth-order valence-corrected chi connectivity index (χ4v) is 3.26. The summed E-state index contributed by atoms with van der Waals surface area (Å²) in [6.07, 6.45) is 0.632. The van der Waals surface area contributed by atoms with E-state index in [0.717, 1.165) is 11.5 Å². The molecule has 0 saturated carbocycles. The van der Waals surface area contributed by atoms with Crippen LogP contribution in [0, 0.1) is 12.8 Å². The van der Waals surface area contributed by atoms with E-state index in [0.29, 0.717) is 25.3 Å². The number of H-pyrrole nitrogens is 1. The van der Waals surface area contributed by atoms with E-state index in [4.69, 9.17) is 9.26 Å². The van der Waals surface area contributed by atoms with Crippen molar-refractivity contribution in [3.63, 3.8) is 0 Å². The highest BCUT2D eigenvalue weighted by atomic mass is 16.5. The molecule has 1 aliphatic heterocycles. The predicted molar refractivity (Wildman–Crippen MR) is 96.9 cm³/mol. The number of nitrogens with zero attached hydrogens (tertiary/aromatic N) is 2. The molecule has 4 rings (SSSR count). The number of carbonyl (C=O) groups is 1. The summed E-state index contributed by atoms with van der Waals surface area (Å²) in [7, 11) is 0. The van der Waals surface area contributed by atoms with Gasteiger partial charge in [0.1, 0.15) is 11.5 Å². The second kappa shape index (κ2) is 7.24. The number of amides is 1. The fourth-order valence-electron chi connectivity index (χ4n) is 3.26. The molecule has 1 aromatic carbocycles. The Morgan fingerprint density at radius 1 is 1.30 bits per heavy atom. The van der Waals surface area contributed by atoms with Gasteiger partial charge in [-0.3, -0.25) is 14.7 Å². The minimum absolute atomic E-state index is 0.0873. The highest BCUT2D eigenvalue weighted by Gasteiger charge is 2.31. The molecule has 0 unspecified atom stereocenters. The van der Waals surface area contributed by atoms with Gasteiger partial charge in [0.25, 0.3) is 11.5 Å². The van der Waals surface area contributed by atoms with Crippen molar-refractivity contribution < 1.29 is 14.1 Å². The number of aryl methyl sites for hydroxylation is 1. The number of rotatable bonds is 5. The smallest absolute Gasteiger partial charge is 0.271 e. The number of aromatic amines is 1. The molecule has 1 aliphatic rings. The number of ether oxygens (including phenoxy) is 1. The fraction of sp³-hybridized carbons (Fsp3) is 0.316. The largest absolute Gasteiger partial charge is 0.379 e. The van der Waals surface area contributed by atoms with E-state index in [1.54, 1.807) is 12.1 Å². The zero-order chi connectivity index (χ0) is 18.8. The first-order valence-corrected chi connectivity index (χ1v) is 8.78. The summed E-state index contributed by atoms with van der Waals surface area (Å²) >= 11 is 0. The number of hydrogen-bond acceptors (Lipinski definition) is 5. The summed E-state index contributed by atoms with van der Waals surface area (Å²) in [5.41, 5.74) is 1.42. The summed E-state index contributed by atoms with van der Waals surface area (Å²) < 4.78 is 12.1. The van der Waals surface area contributed by atoms with Gasteiger partial charge in [0.2, 0.25) is 0 Å². The first-order chi connectivity index (χ1) is 13.1. The normalized spacial score (nSPS) is 19.3. The Morgan fingerprint density at radius 2 is 2.11 bits per heavy atom. The van der Waals surface area contributed by atoms with Crippen molar-refractivity contribution in [1.29, 1.82) is 0 Å². The number of carbonyl (C=O) groups excluding carboxylic acids is 1. The second-order valence-electron chi connectivity index (χ2n) is 6.70. The lowest BCUT2D eigenvalue weighted by molar-refractivity contribution is 0.0919. The van der Waals surface area contributed by atoms with Crippen LogP contribution in [0.3, 0.4) is 0 Å². The standard InChI is InChI=1S/C19H20N4O4/c1-12-7-15(27-22-12)8-13-10-26-11-17(13)20-19(25)16-9-18(24)23(21-16)14-5-3-2-4-6-14/h2-7,9,13,17,21H,8,10-11H2,1H3,(H,20,25)/t13-,17+/m1/s1. The van der Waals surface area contributed by atoms with Crippen LogP contribution in [0.15, 0.2) is 51.8 Å². The molecule has 0 bridgehead atoms. The monoisotopic (exact) mass is 368 g/mol. The molecule has 1 amide bonds. The predicted octanol–water partition coefficient (Wildman–Crippen LogP) is 1.45. The summed E-state index contributed by atoms with van der Waals surface area (Å²) in [6.45, 7) is 2.82. The molecule has 2 aromatic heterocycles. The zero-order valence-corrected chi connectivity index (χ0v) is 14.8. The van der Waals surface area contributed by atoms with Gasteiger partial charge in [0.05, 0.1) is 30.6 Å². The summed E-state index contributed by atoms with van der Waals surface area (Å²) in [4.78, 5) is 24.8. The lowest BCUT2D eigenvalue weighted by Crippen LogP contribution is -2.40. The first-order valence-electron chi connectivity index (χ1n) is 8.78. The average Bonchev–Trinajstić information content (AvgIpc) is 3.37. The van der Waals surface area contributed by atoms with Crippen molar-refractivity contribution in [2.45, 2.75) is 19.4 Å². The van der Waals surface area contributed by atoms with Crippen molar-refractivity contribution in [3.05, 3.63) is 70.0 Å². The van der Waals surface area contributed by atoms with Gasteiger partial charge >= 0.3 is 0 Å². The molecular formula is C19H20N4O4. The molecule has 140 valence electrons. The lowest BCUT2D eigenvalue weighted by atomic mass is 9.98. The molecule has 8 heteroatoms. The van der Waals surface area contributed by atoms with Gasteiger partial charge in [-0.05, 0) is 19.1 Å². The van der Waals surface area contributed by atoms with Gasteiger partial charge in [0.15, 0.2) is 0 Å². The van der Waals surface area contributed by atoms with Crippen molar-refractivity contribution in [1.82, 2.24) is 20.3 Å². The van der Waals surface area contributed by atoms with Crippen LogP contribution >= 0.6 is 0 Å². The number of hydrogen-bond donors (Lipinski definition) is 2. The van der Waals surface area contributed by atoms with E-state index in [-0.39, 0.29) is 29.1 Å². The molecule has 2 atom stereocenters. The maximum absolute atomic E-state index is 12.6. The van der Waals surface area contributed by atoms with Crippen molar-refractivity contribution in [3.8, 4) is 5.69 Å². The van der Waals surface area contributed by atoms with Crippen LogP contribution in [0.1, 0.15) is 21.9 Å². The molecule has 27 heavy (non-hydrogen) atoms. The molecule has 0 radical (unpaired) electrons. The Balaban J connectivity index is 1.46. The number of benzene rings is 1. The van der Waals surface area contributed by atoms with E-state index in [1.165, 1.54) is 10.7 Å². The second-order valence-corrected chi connectivity index (χ2v) is 6.70. The quantitative estimate of drug-likeness (QED) is 0.710. The van der Waals surface area contributed by atoms with Gasteiger partial charge in [0, 0.05) is 24.5 Å². The first kappa shape index (κ1) is 17.3. The number of aromatic nitrogens is 3. The van der Waals surface area contributed by atoms with Crippen LogP contribution in [0.25, 0.3) is 5.69 Å². The highest BCUT2D eigenvalue weighted by Crippen LogP contribution is 2.20. The topological polar surface area (TPSA) is 102 Å². The molecule has 8 nitrogen and oxygen atoms in total. The van der Waals surface area contributed by atoms with Crippen molar-refractivity contribution >= 4 is 5.91 Å². The summed E-state index contributed by atoms with van der Waals surface area (Å²) in [5.74, 6) is 0.520. The van der Waals surface area contributed by atoms with Crippen molar-refractivity contribution in [2.24, 2.45) is 5.92 Å². The van der Waals surface area contributed by atoms with Gasteiger partial charge in [-0.2, -0.15) is 0 Å². The minimum atomic E-state index is -0.337. The van der Waals surface area contributed by atoms with Crippen LogP contribution in [0.4, 0.5) is 0 Å². The molecule has 0 spiro atoms. The maximum Gasteiger partial charge on any atom is 0.271 e. The highest BCUT2D eigenvalue weighted by molar-refractivity contribution is 5.92. The van der Waals surface area contributed by atoms with Crippen LogP contribution in [-0.4, -0.2) is 40.1 Å². The number of para-hydroxylation sites is 1. The van der Waals surface area contributed by atoms with E-state index < -0.39 is 0 Å². The van der Waals surface area contributed by atoms with Crippen LogP contribution < -0.4 is 10.9 Å². The number of nitrogens with one attached hydrogen (secondary N) is 2.